The van der Waals surface area contributed by atoms with E-state index < -0.39 is 0 Å². The Hall–Kier alpha value is -0.170. The maximum atomic E-state index is 5.84. The van der Waals surface area contributed by atoms with Crippen molar-refractivity contribution in [1.29, 1.82) is 0 Å². The van der Waals surface area contributed by atoms with Gasteiger partial charge in [-0.1, -0.05) is 6.92 Å². The van der Waals surface area contributed by atoms with Crippen LogP contribution in [-0.2, 0) is 4.74 Å². The topological polar surface area (TPSA) is 21.3 Å². The SMILES string of the molecule is CC#CCCC(NCCC)C1CSCCO1. The van der Waals surface area contributed by atoms with Crippen molar-refractivity contribution in [2.75, 3.05) is 24.7 Å². The fraction of sp³-hybridized carbons (Fsp3) is 0.846. The maximum Gasteiger partial charge on any atom is 0.0818 e. The van der Waals surface area contributed by atoms with Crippen LogP contribution in [0.25, 0.3) is 0 Å². The van der Waals surface area contributed by atoms with Gasteiger partial charge in [0, 0.05) is 24.0 Å². The molecule has 1 N–H and O–H groups in total. The second-order valence-corrected chi connectivity index (χ2v) is 5.16. The van der Waals surface area contributed by atoms with Crippen molar-refractivity contribution >= 4 is 11.8 Å². The molecule has 0 radical (unpaired) electrons. The number of thioether (sulfide) groups is 1. The smallest absolute Gasteiger partial charge is 0.0818 e. The molecule has 1 aliphatic rings. The molecule has 0 spiro atoms. The second kappa shape index (κ2) is 8.92. The fourth-order valence-corrected chi connectivity index (χ4v) is 2.78. The van der Waals surface area contributed by atoms with Gasteiger partial charge in [-0.2, -0.15) is 11.8 Å². The van der Waals surface area contributed by atoms with Gasteiger partial charge in [-0.15, -0.1) is 11.8 Å². The van der Waals surface area contributed by atoms with Crippen molar-refractivity contribution in [3.63, 3.8) is 0 Å². The van der Waals surface area contributed by atoms with Crippen LogP contribution in [0.5, 0.6) is 0 Å². The molecule has 1 heterocycles. The standard InChI is InChI=1S/C13H23NOS/c1-3-5-6-7-12(14-8-4-2)13-11-16-10-9-15-13/h12-14H,4,6-11H2,1-2H3. The Morgan fingerprint density at radius 1 is 1.56 bits per heavy atom. The molecule has 92 valence electrons. The minimum absolute atomic E-state index is 0.379. The normalized spacial score (nSPS) is 22.2. The predicted molar refractivity (Wildman–Crippen MR) is 71.8 cm³/mol. The van der Waals surface area contributed by atoms with E-state index in [1.165, 1.54) is 6.42 Å². The molecule has 3 heteroatoms. The van der Waals surface area contributed by atoms with Crippen LogP contribution >= 0.6 is 11.8 Å². The van der Waals surface area contributed by atoms with E-state index in [9.17, 15) is 0 Å². The van der Waals surface area contributed by atoms with Crippen LogP contribution in [0.1, 0.15) is 33.1 Å². The van der Waals surface area contributed by atoms with Crippen molar-refractivity contribution in [1.82, 2.24) is 5.32 Å². The molecule has 16 heavy (non-hydrogen) atoms. The molecule has 0 amide bonds. The lowest BCUT2D eigenvalue weighted by Gasteiger charge is -2.30. The lowest BCUT2D eigenvalue weighted by atomic mass is 10.1. The summed E-state index contributed by atoms with van der Waals surface area (Å²) in [7, 11) is 0. The van der Waals surface area contributed by atoms with Crippen molar-refractivity contribution in [3.05, 3.63) is 0 Å². The first-order valence-corrected chi connectivity index (χ1v) is 7.36. The fourth-order valence-electron chi connectivity index (χ4n) is 1.84. The summed E-state index contributed by atoms with van der Waals surface area (Å²) in [6.45, 7) is 6.08. The van der Waals surface area contributed by atoms with Gasteiger partial charge in [-0.3, -0.25) is 0 Å². The lowest BCUT2D eigenvalue weighted by molar-refractivity contribution is 0.0452. The Morgan fingerprint density at radius 2 is 2.44 bits per heavy atom. The molecule has 0 aromatic rings. The van der Waals surface area contributed by atoms with Gasteiger partial charge in [0.05, 0.1) is 12.7 Å². The minimum atomic E-state index is 0.379. The van der Waals surface area contributed by atoms with Crippen LogP contribution in [0, 0.1) is 11.8 Å². The number of hydrogen-bond acceptors (Lipinski definition) is 3. The Balaban J connectivity index is 2.36. The maximum absolute atomic E-state index is 5.84. The largest absolute Gasteiger partial charge is 0.375 e. The lowest BCUT2D eigenvalue weighted by Crippen LogP contribution is -2.45. The van der Waals surface area contributed by atoms with Gasteiger partial charge in [0.15, 0.2) is 0 Å². The van der Waals surface area contributed by atoms with E-state index in [4.69, 9.17) is 4.74 Å². The van der Waals surface area contributed by atoms with Crippen molar-refractivity contribution in [2.24, 2.45) is 0 Å². The third-order valence-electron chi connectivity index (χ3n) is 2.70. The van der Waals surface area contributed by atoms with Crippen LogP contribution in [0.15, 0.2) is 0 Å². The summed E-state index contributed by atoms with van der Waals surface area (Å²) in [6.07, 6.45) is 3.63. The Kier molecular flexibility index (Phi) is 7.75. The summed E-state index contributed by atoms with van der Waals surface area (Å²) >= 11 is 2.00. The van der Waals surface area contributed by atoms with E-state index in [1.807, 2.05) is 18.7 Å². The third-order valence-corrected chi connectivity index (χ3v) is 3.72. The molecule has 0 aliphatic carbocycles. The highest BCUT2D eigenvalue weighted by Crippen LogP contribution is 2.18. The first-order valence-electron chi connectivity index (χ1n) is 6.20. The van der Waals surface area contributed by atoms with Gasteiger partial charge < -0.3 is 10.1 Å². The Labute approximate surface area is 104 Å². The van der Waals surface area contributed by atoms with Crippen molar-refractivity contribution in [2.45, 2.75) is 45.3 Å². The minimum Gasteiger partial charge on any atom is -0.375 e. The number of ether oxygens (including phenoxy) is 1. The summed E-state index contributed by atoms with van der Waals surface area (Å²) in [5.41, 5.74) is 0. The average molecular weight is 241 g/mol. The first-order chi connectivity index (χ1) is 7.88. The monoisotopic (exact) mass is 241 g/mol. The predicted octanol–water partition coefficient (Wildman–Crippen LogP) is 2.29. The molecule has 0 aromatic heterocycles. The van der Waals surface area contributed by atoms with E-state index in [1.54, 1.807) is 0 Å². The van der Waals surface area contributed by atoms with E-state index in [-0.39, 0.29) is 0 Å². The molecular formula is C13H23NOS. The Bertz CT molecular complexity index is 228. The summed E-state index contributed by atoms with van der Waals surface area (Å²) in [4.78, 5) is 0. The van der Waals surface area contributed by atoms with Gasteiger partial charge in [0.1, 0.15) is 0 Å². The zero-order valence-corrected chi connectivity index (χ0v) is 11.2. The molecule has 2 unspecified atom stereocenters. The van der Waals surface area contributed by atoms with E-state index in [2.05, 4.69) is 24.1 Å². The molecule has 0 saturated carbocycles. The van der Waals surface area contributed by atoms with Crippen molar-refractivity contribution < 1.29 is 4.74 Å². The summed E-state index contributed by atoms with van der Waals surface area (Å²) in [5, 5.41) is 3.59. The zero-order valence-electron chi connectivity index (χ0n) is 10.4. The van der Waals surface area contributed by atoms with Crippen LogP contribution in [-0.4, -0.2) is 36.8 Å². The molecule has 1 saturated heterocycles. The quantitative estimate of drug-likeness (QED) is 0.721. The summed E-state index contributed by atoms with van der Waals surface area (Å²) in [5.74, 6) is 8.37. The van der Waals surface area contributed by atoms with Crippen LogP contribution in [0.4, 0.5) is 0 Å². The summed E-state index contributed by atoms with van der Waals surface area (Å²) in [6, 6.07) is 0.480. The zero-order chi connectivity index (χ0) is 11.6. The van der Waals surface area contributed by atoms with E-state index in [0.29, 0.717) is 12.1 Å². The number of rotatable bonds is 6. The van der Waals surface area contributed by atoms with E-state index >= 15 is 0 Å². The molecule has 2 atom stereocenters. The van der Waals surface area contributed by atoms with Crippen LogP contribution < -0.4 is 5.32 Å². The molecule has 1 aliphatic heterocycles. The van der Waals surface area contributed by atoms with Crippen LogP contribution in [0.3, 0.4) is 0 Å². The summed E-state index contributed by atoms with van der Waals surface area (Å²) < 4.78 is 5.84. The molecule has 1 rings (SSSR count). The third kappa shape index (κ3) is 5.25. The van der Waals surface area contributed by atoms with Gasteiger partial charge in [-0.25, -0.2) is 0 Å². The Morgan fingerprint density at radius 3 is 3.06 bits per heavy atom. The van der Waals surface area contributed by atoms with Gasteiger partial charge in [0.25, 0.3) is 0 Å². The highest BCUT2D eigenvalue weighted by atomic mass is 32.2. The van der Waals surface area contributed by atoms with Gasteiger partial charge >= 0.3 is 0 Å². The highest BCUT2D eigenvalue weighted by molar-refractivity contribution is 7.99. The van der Waals surface area contributed by atoms with Crippen molar-refractivity contribution in [3.8, 4) is 11.8 Å². The molecule has 2 nitrogen and oxygen atoms in total. The van der Waals surface area contributed by atoms with Gasteiger partial charge in [0.2, 0.25) is 0 Å². The second-order valence-electron chi connectivity index (χ2n) is 4.01. The molecular weight excluding hydrogens is 218 g/mol. The first kappa shape index (κ1) is 13.9. The number of hydrogen-bond donors (Lipinski definition) is 1. The average Bonchev–Trinajstić information content (AvgIpc) is 2.35. The highest BCUT2D eigenvalue weighted by Gasteiger charge is 2.23. The van der Waals surface area contributed by atoms with Gasteiger partial charge in [-0.05, 0) is 26.3 Å². The van der Waals surface area contributed by atoms with Crippen LogP contribution in [0.2, 0.25) is 0 Å². The number of nitrogens with one attached hydrogen (secondary N) is 1. The molecule has 0 aromatic carbocycles. The molecule has 0 bridgehead atoms. The van der Waals surface area contributed by atoms with E-state index in [0.717, 1.165) is 37.5 Å². The molecule has 1 fully saturated rings.